The molecule has 0 atom stereocenters. The number of hydrogen-bond donors (Lipinski definition) is 0. The molecule has 154 valence electrons. The van der Waals surface area contributed by atoms with Crippen molar-refractivity contribution in [2.75, 3.05) is 0 Å². The van der Waals surface area contributed by atoms with E-state index in [1.54, 1.807) is 11.1 Å². The van der Waals surface area contributed by atoms with E-state index in [1.165, 1.54) is 22.3 Å². The normalized spacial score (nSPS) is 11.8. The lowest BCUT2D eigenvalue weighted by Gasteiger charge is -2.35. The fourth-order valence-electron chi connectivity index (χ4n) is 3.19. The van der Waals surface area contributed by atoms with E-state index in [4.69, 9.17) is 0 Å². The van der Waals surface area contributed by atoms with Crippen molar-refractivity contribution in [3.05, 3.63) is 33.4 Å². The van der Waals surface area contributed by atoms with Gasteiger partial charge in [0.1, 0.15) is 0 Å². The minimum atomic E-state index is 0.204. The van der Waals surface area contributed by atoms with Gasteiger partial charge in [-0.15, -0.1) is 0 Å². The summed E-state index contributed by atoms with van der Waals surface area (Å²) in [4.78, 5) is 0. The van der Waals surface area contributed by atoms with Crippen molar-refractivity contribution in [1.82, 2.24) is 0 Å². The van der Waals surface area contributed by atoms with Crippen LogP contribution >= 0.6 is 0 Å². The van der Waals surface area contributed by atoms with E-state index in [-0.39, 0.29) is 10.8 Å². The standard InChI is InChI=1S/C18H30.2C4H10/c1-11-12(2)14(4)16(18(8,9)10)15(13(11)3)17(5,6)7;2*1-4(2)3/h1-10H3;2*4H,1-3H3. The van der Waals surface area contributed by atoms with Gasteiger partial charge in [0.15, 0.2) is 0 Å². The molecule has 0 aliphatic rings. The first-order valence-electron chi connectivity index (χ1n) is 10.5. The highest BCUT2D eigenvalue weighted by molar-refractivity contribution is 5.54. The minimum absolute atomic E-state index is 0.204. The Labute approximate surface area is 167 Å². The Morgan fingerprint density at radius 1 is 0.423 bits per heavy atom. The lowest BCUT2D eigenvalue weighted by molar-refractivity contribution is 0.523. The van der Waals surface area contributed by atoms with Gasteiger partial charge in [-0.25, -0.2) is 0 Å². The zero-order valence-corrected chi connectivity index (χ0v) is 21.2. The Morgan fingerprint density at radius 2 is 0.577 bits per heavy atom. The van der Waals surface area contributed by atoms with Gasteiger partial charge in [0, 0.05) is 0 Å². The second-order valence-electron chi connectivity index (χ2n) is 11.2. The van der Waals surface area contributed by atoms with Crippen LogP contribution in [0.15, 0.2) is 0 Å². The summed E-state index contributed by atoms with van der Waals surface area (Å²) in [5.74, 6) is 1.67. The third-order valence-electron chi connectivity index (χ3n) is 4.19. The van der Waals surface area contributed by atoms with Gasteiger partial charge in [-0.1, -0.05) is 83.1 Å². The smallest absolute Gasteiger partial charge is 0.0126 e. The van der Waals surface area contributed by atoms with Crippen LogP contribution in [0.2, 0.25) is 0 Å². The second-order valence-corrected chi connectivity index (χ2v) is 11.2. The van der Waals surface area contributed by atoms with E-state index < -0.39 is 0 Å². The van der Waals surface area contributed by atoms with Crippen LogP contribution in [0, 0.1) is 39.5 Å². The maximum absolute atomic E-state index is 2.33. The zero-order valence-electron chi connectivity index (χ0n) is 21.2. The highest BCUT2D eigenvalue weighted by atomic mass is 14.3. The van der Waals surface area contributed by atoms with Crippen LogP contribution in [0.5, 0.6) is 0 Å². The van der Waals surface area contributed by atoms with E-state index in [9.17, 15) is 0 Å². The summed E-state index contributed by atoms with van der Waals surface area (Å²) >= 11 is 0. The topological polar surface area (TPSA) is 0 Å². The molecular weight excluding hydrogens is 312 g/mol. The van der Waals surface area contributed by atoms with Gasteiger partial charge in [0.05, 0.1) is 0 Å². The average molecular weight is 363 g/mol. The monoisotopic (exact) mass is 362 g/mol. The first kappa shape index (κ1) is 27.4. The molecule has 0 spiro atoms. The van der Waals surface area contributed by atoms with Crippen LogP contribution in [-0.4, -0.2) is 0 Å². The molecular formula is C26H50. The summed E-state index contributed by atoms with van der Waals surface area (Å²) < 4.78 is 0. The Morgan fingerprint density at radius 3 is 0.692 bits per heavy atom. The third-order valence-corrected chi connectivity index (χ3v) is 4.19. The van der Waals surface area contributed by atoms with Crippen molar-refractivity contribution < 1.29 is 0 Å². The first-order valence-corrected chi connectivity index (χ1v) is 10.5. The van der Waals surface area contributed by atoms with Gasteiger partial charge in [-0.05, 0) is 83.7 Å². The summed E-state index contributed by atoms with van der Waals surface area (Å²) in [7, 11) is 0. The highest BCUT2D eigenvalue weighted by Crippen LogP contribution is 2.40. The highest BCUT2D eigenvalue weighted by Gasteiger charge is 2.30. The molecule has 0 aliphatic carbocycles. The Balaban J connectivity index is 0. The van der Waals surface area contributed by atoms with Crippen LogP contribution in [0.1, 0.15) is 116 Å². The van der Waals surface area contributed by atoms with Crippen molar-refractivity contribution >= 4 is 0 Å². The Bertz CT molecular complexity index is 487. The molecule has 0 aliphatic heterocycles. The van der Waals surface area contributed by atoms with E-state index >= 15 is 0 Å². The average Bonchev–Trinajstić information content (AvgIpc) is 2.36. The summed E-state index contributed by atoms with van der Waals surface area (Å²) in [6, 6.07) is 0. The predicted molar refractivity (Wildman–Crippen MR) is 124 cm³/mol. The molecule has 0 bridgehead atoms. The lowest BCUT2D eigenvalue weighted by Crippen LogP contribution is -2.26. The fourth-order valence-corrected chi connectivity index (χ4v) is 3.19. The molecule has 0 unspecified atom stereocenters. The minimum Gasteiger partial charge on any atom is -0.0630 e. The molecule has 1 aromatic rings. The van der Waals surface area contributed by atoms with Crippen molar-refractivity contribution in [2.24, 2.45) is 11.8 Å². The molecule has 26 heavy (non-hydrogen) atoms. The zero-order chi connectivity index (χ0) is 21.6. The van der Waals surface area contributed by atoms with E-state index in [1.807, 2.05) is 0 Å². The molecule has 0 saturated heterocycles. The van der Waals surface area contributed by atoms with Gasteiger partial charge in [0.25, 0.3) is 0 Å². The van der Waals surface area contributed by atoms with Gasteiger partial charge < -0.3 is 0 Å². The molecule has 0 nitrogen and oxygen atoms in total. The van der Waals surface area contributed by atoms with Crippen LogP contribution in [-0.2, 0) is 10.8 Å². The molecule has 1 aromatic carbocycles. The van der Waals surface area contributed by atoms with Crippen molar-refractivity contribution in [3.8, 4) is 0 Å². The summed E-state index contributed by atoms with van der Waals surface area (Å²) in [6.45, 7) is 36.1. The maximum atomic E-state index is 2.33. The third kappa shape index (κ3) is 9.24. The lowest BCUT2D eigenvalue weighted by atomic mass is 9.69. The van der Waals surface area contributed by atoms with Crippen LogP contribution in [0.4, 0.5) is 0 Å². The van der Waals surface area contributed by atoms with E-state index in [0.717, 1.165) is 11.8 Å². The molecule has 0 radical (unpaired) electrons. The number of rotatable bonds is 0. The van der Waals surface area contributed by atoms with Gasteiger partial charge in [-0.2, -0.15) is 0 Å². The predicted octanol–water partition coefficient (Wildman–Crippen LogP) is 8.84. The van der Waals surface area contributed by atoms with Crippen molar-refractivity contribution in [3.63, 3.8) is 0 Å². The Hall–Kier alpha value is -0.780. The van der Waals surface area contributed by atoms with Crippen LogP contribution in [0.25, 0.3) is 0 Å². The second kappa shape index (κ2) is 10.5. The first-order chi connectivity index (χ1) is 11.4. The molecule has 0 amide bonds. The van der Waals surface area contributed by atoms with Gasteiger partial charge in [0.2, 0.25) is 0 Å². The Kier molecular flexibility index (Phi) is 11.1. The van der Waals surface area contributed by atoms with Crippen LogP contribution < -0.4 is 0 Å². The van der Waals surface area contributed by atoms with Crippen molar-refractivity contribution in [1.29, 1.82) is 0 Å². The summed E-state index contributed by atoms with van der Waals surface area (Å²) in [5, 5.41) is 0. The number of hydrogen-bond acceptors (Lipinski definition) is 0. The number of benzene rings is 1. The molecule has 0 heterocycles. The summed E-state index contributed by atoms with van der Waals surface area (Å²) in [6.07, 6.45) is 0. The van der Waals surface area contributed by atoms with E-state index in [2.05, 4.69) is 111 Å². The quantitative estimate of drug-likeness (QED) is 0.432. The molecule has 1 rings (SSSR count). The largest absolute Gasteiger partial charge is 0.0630 e. The summed E-state index contributed by atoms with van der Waals surface area (Å²) in [5.41, 5.74) is 9.40. The van der Waals surface area contributed by atoms with Gasteiger partial charge in [-0.3, -0.25) is 0 Å². The molecule has 0 saturated carbocycles. The van der Waals surface area contributed by atoms with Crippen LogP contribution in [0.3, 0.4) is 0 Å². The fraction of sp³-hybridized carbons (Fsp3) is 0.769. The molecule has 0 N–H and O–H groups in total. The van der Waals surface area contributed by atoms with Crippen molar-refractivity contribution in [2.45, 2.75) is 122 Å². The SMILES string of the molecule is CC(C)C.CC(C)C.Cc1c(C)c(C)c(C(C)(C)C)c(C(C)(C)C)c1C. The molecule has 0 heteroatoms. The molecule has 0 aromatic heterocycles. The molecule has 0 fully saturated rings. The van der Waals surface area contributed by atoms with E-state index in [0.29, 0.717) is 0 Å². The maximum Gasteiger partial charge on any atom is -0.0126 e. The van der Waals surface area contributed by atoms with Gasteiger partial charge >= 0.3 is 0 Å².